The van der Waals surface area contributed by atoms with Crippen LogP contribution in [0.1, 0.15) is 47.0 Å². The van der Waals surface area contributed by atoms with Crippen LogP contribution in [0.5, 0.6) is 0 Å². The minimum atomic E-state index is 0.854. The average molecular weight is 231 g/mol. The van der Waals surface area contributed by atoms with Gasteiger partial charge in [0, 0.05) is 12.3 Å². The monoisotopic (exact) mass is 231 g/mol. The third kappa shape index (κ3) is 14.3. The molecule has 0 unspecified atom stereocenters. The molecule has 0 aromatic heterocycles. The molecule has 0 aromatic rings. The van der Waals surface area contributed by atoms with E-state index in [1.807, 2.05) is 0 Å². The molecule has 92 valence electrons. The smallest absolute Gasteiger partial charge is 0.00581 e. The SMILES string of the molecule is CC(C)CCCNCCSCCC(C)C. The van der Waals surface area contributed by atoms with Gasteiger partial charge in [-0.05, 0) is 43.4 Å². The predicted molar refractivity (Wildman–Crippen MR) is 73.7 cm³/mol. The first-order valence-corrected chi connectivity index (χ1v) is 7.57. The van der Waals surface area contributed by atoms with Gasteiger partial charge in [-0.2, -0.15) is 11.8 Å². The molecule has 0 spiro atoms. The van der Waals surface area contributed by atoms with Crippen LogP contribution >= 0.6 is 11.8 Å². The van der Waals surface area contributed by atoms with Crippen molar-refractivity contribution in [3.8, 4) is 0 Å². The Labute approximate surface area is 101 Å². The number of hydrogen-bond donors (Lipinski definition) is 1. The highest BCUT2D eigenvalue weighted by molar-refractivity contribution is 7.99. The molecule has 0 radical (unpaired) electrons. The van der Waals surface area contributed by atoms with Crippen LogP contribution in [0.3, 0.4) is 0 Å². The first-order valence-electron chi connectivity index (χ1n) is 6.41. The lowest BCUT2D eigenvalue weighted by Gasteiger charge is -2.07. The van der Waals surface area contributed by atoms with E-state index in [1.54, 1.807) is 0 Å². The largest absolute Gasteiger partial charge is 0.316 e. The first-order chi connectivity index (χ1) is 7.13. The lowest BCUT2D eigenvalue weighted by Crippen LogP contribution is -2.19. The van der Waals surface area contributed by atoms with E-state index in [-0.39, 0.29) is 0 Å². The zero-order valence-corrected chi connectivity index (χ0v) is 11.8. The third-order valence-corrected chi connectivity index (χ3v) is 3.41. The molecule has 0 bridgehead atoms. The molecule has 1 N–H and O–H groups in total. The maximum atomic E-state index is 3.51. The fourth-order valence-electron chi connectivity index (χ4n) is 1.33. The second-order valence-electron chi connectivity index (χ2n) is 5.08. The second kappa shape index (κ2) is 10.8. The molecular formula is C13H29NS. The van der Waals surface area contributed by atoms with E-state index in [0.717, 1.165) is 11.8 Å². The quantitative estimate of drug-likeness (QED) is 0.574. The number of thioether (sulfide) groups is 1. The highest BCUT2D eigenvalue weighted by Gasteiger charge is 1.95. The van der Waals surface area contributed by atoms with Crippen molar-refractivity contribution in [3.63, 3.8) is 0 Å². The van der Waals surface area contributed by atoms with E-state index in [2.05, 4.69) is 44.8 Å². The zero-order valence-electron chi connectivity index (χ0n) is 11.0. The van der Waals surface area contributed by atoms with E-state index in [1.165, 1.54) is 43.9 Å². The fourth-order valence-corrected chi connectivity index (χ4v) is 2.46. The number of rotatable bonds is 10. The molecule has 0 aliphatic heterocycles. The maximum Gasteiger partial charge on any atom is 0.00581 e. The van der Waals surface area contributed by atoms with Gasteiger partial charge in [0.25, 0.3) is 0 Å². The minimum absolute atomic E-state index is 0.854. The molecule has 0 saturated heterocycles. The molecule has 0 saturated carbocycles. The van der Waals surface area contributed by atoms with Gasteiger partial charge in [-0.15, -0.1) is 0 Å². The Hall–Kier alpha value is 0.310. The standard InChI is InChI=1S/C13H29NS/c1-12(2)6-5-8-14-9-11-15-10-7-13(3)4/h12-14H,5-11H2,1-4H3. The topological polar surface area (TPSA) is 12.0 Å². The molecule has 0 amide bonds. The third-order valence-electron chi connectivity index (χ3n) is 2.40. The summed E-state index contributed by atoms with van der Waals surface area (Å²) in [6.45, 7) is 11.6. The normalized spacial score (nSPS) is 11.6. The van der Waals surface area contributed by atoms with Crippen LogP contribution in [0.2, 0.25) is 0 Å². The van der Waals surface area contributed by atoms with Gasteiger partial charge in [-0.3, -0.25) is 0 Å². The van der Waals surface area contributed by atoms with E-state index >= 15 is 0 Å². The molecule has 0 atom stereocenters. The molecule has 0 heterocycles. The lowest BCUT2D eigenvalue weighted by atomic mass is 10.1. The summed E-state index contributed by atoms with van der Waals surface area (Å²) in [6.07, 6.45) is 4.04. The zero-order chi connectivity index (χ0) is 11.5. The van der Waals surface area contributed by atoms with E-state index in [9.17, 15) is 0 Å². The van der Waals surface area contributed by atoms with Gasteiger partial charge in [0.1, 0.15) is 0 Å². The molecule has 0 aromatic carbocycles. The van der Waals surface area contributed by atoms with E-state index in [0.29, 0.717) is 0 Å². The van der Waals surface area contributed by atoms with Crippen LogP contribution in [0.25, 0.3) is 0 Å². The molecule has 0 fully saturated rings. The lowest BCUT2D eigenvalue weighted by molar-refractivity contribution is 0.534. The van der Waals surface area contributed by atoms with Crippen molar-refractivity contribution >= 4 is 11.8 Å². The van der Waals surface area contributed by atoms with Crippen molar-refractivity contribution in [2.24, 2.45) is 11.8 Å². The van der Waals surface area contributed by atoms with Crippen LogP contribution in [-0.2, 0) is 0 Å². The highest BCUT2D eigenvalue weighted by Crippen LogP contribution is 2.07. The summed E-state index contributed by atoms with van der Waals surface area (Å²) in [5, 5.41) is 3.51. The van der Waals surface area contributed by atoms with Crippen LogP contribution in [0.4, 0.5) is 0 Å². The van der Waals surface area contributed by atoms with Crippen molar-refractivity contribution < 1.29 is 0 Å². The number of nitrogens with one attached hydrogen (secondary N) is 1. The highest BCUT2D eigenvalue weighted by atomic mass is 32.2. The Morgan fingerprint density at radius 1 is 0.867 bits per heavy atom. The summed E-state index contributed by atoms with van der Waals surface area (Å²) in [5.74, 6) is 4.31. The Balaban J connectivity index is 2.93. The van der Waals surface area contributed by atoms with E-state index < -0.39 is 0 Å². The maximum absolute atomic E-state index is 3.51. The summed E-state index contributed by atoms with van der Waals surface area (Å²) in [7, 11) is 0. The van der Waals surface area contributed by atoms with Gasteiger partial charge in [-0.25, -0.2) is 0 Å². The van der Waals surface area contributed by atoms with Crippen LogP contribution in [-0.4, -0.2) is 24.6 Å². The molecule has 2 heteroatoms. The summed E-state index contributed by atoms with van der Waals surface area (Å²) >= 11 is 2.08. The fraction of sp³-hybridized carbons (Fsp3) is 1.00. The van der Waals surface area contributed by atoms with Gasteiger partial charge in [0.05, 0.1) is 0 Å². The average Bonchev–Trinajstić information content (AvgIpc) is 2.14. The molecule has 0 aliphatic rings. The number of hydrogen-bond acceptors (Lipinski definition) is 2. The summed E-state index contributed by atoms with van der Waals surface area (Å²) in [4.78, 5) is 0. The van der Waals surface area contributed by atoms with Gasteiger partial charge >= 0.3 is 0 Å². The van der Waals surface area contributed by atoms with Crippen molar-refractivity contribution in [3.05, 3.63) is 0 Å². The second-order valence-corrected chi connectivity index (χ2v) is 6.31. The van der Waals surface area contributed by atoms with Crippen molar-refractivity contribution in [1.29, 1.82) is 0 Å². The molecule has 15 heavy (non-hydrogen) atoms. The molecule has 1 nitrogen and oxygen atoms in total. The summed E-state index contributed by atoms with van der Waals surface area (Å²) in [6, 6.07) is 0. The molecule has 0 rings (SSSR count). The minimum Gasteiger partial charge on any atom is -0.316 e. The predicted octanol–water partition coefficient (Wildman–Crippen LogP) is 3.79. The Bertz CT molecular complexity index is 110. The van der Waals surface area contributed by atoms with Crippen LogP contribution < -0.4 is 5.32 Å². The van der Waals surface area contributed by atoms with Crippen molar-refractivity contribution in [1.82, 2.24) is 5.32 Å². The summed E-state index contributed by atoms with van der Waals surface area (Å²) < 4.78 is 0. The van der Waals surface area contributed by atoms with Crippen molar-refractivity contribution in [2.45, 2.75) is 47.0 Å². The first kappa shape index (κ1) is 15.3. The molecular weight excluding hydrogens is 202 g/mol. The Kier molecular flexibility index (Phi) is 11.0. The molecule has 0 aliphatic carbocycles. The summed E-state index contributed by atoms with van der Waals surface area (Å²) in [5.41, 5.74) is 0. The van der Waals surface area contributed by atoms with E-state index in [4.69, 9.17) is 0 Å². The van der Waals surface area contributed by atoms with Gasteiger partial charge < -0.3 is 5.32 Å². The van der Waals surface area contributed by atoms with Gasteiger partial charge in [0.2, 0.25) is 0 Å². The van der Waals surface area contributed by atoms with Crippen LogP contribution in [0.15, 0.2) is 0 Å². The van der Waals surface area contributed by atoms with Gasteiger partial charge in [-0.1, -0.05) is 27.7 Å². The van der Waals surface area contributed by atoms with Crippen LogP contribution in [0, 0.1) is 11.8 Å². The van der Waals surface area contributed by atoms with Crippen molar-refractivity contribution in [2.75, 3.05) is 24.6 Å². The Morgan fingerprint density at radius 2 is 1.53 bits per heavy atom. The van der Waals surface area contributed by atoms with Gasteiger partial charge in [0.15, 0.2) is 0 Å². The Morgan fingerprint density at radius 3 is 2.13 bits per heavy atom.